The number of benzene rings is 1. The zero-order chi connectivity index (χ0) is 18.7. The lowest BCUT2D eigenvalue weighted by atomic mass is 9.91. The number of hydrogen-bond acceptors (Lipinski definition) is 7. The van der Waals surface area contributed by atoms with Gasteiger partial charge in [-0.3, -0.25) is 14.3 Å². The first kappa shape index (κ1) is 19.8. The van der Waals surface area contributed by atoms with Crippen molar-refractivity contribution in [1.82, 2.24) is 0 Å². The summed E-state index contributed by atoms with van der Waals surface area (Å²) in [7, 11) is -3.96. The molecule has 0 spiro atoms. The Morgan fingerprint density at radius 2 is 1.84 bits per heavy atom. The van der Waals surface area contributed by atoms with Gasteiger partial charge in [-0.05, 0) is 19.1 Å². The maximum Gasteiger partial charge on any atom is 0.296 e. The maximum atomic E-state index is 12.3. The number of nitro groups is 1. The summed E-state index contributed by atoms with van der Waals surface area (Å²) in [5, 5.41) is 11.2. The van der Waals surface area contributed by atoms with E-state index < -0.39 is 32.8 Å². The molecule has 0 N–H and O–H groups in total. The number of aryl methyl sites for hydroxylation is 1. The van der Waals surface area contributed by atoms with E-state index >= 15 is 0 Å². The molecule has 1 heterocycles. The minimum Gasteiger partial charge on any atom is -0.350 e. The van der Waals surface area contributed by atoms with Crippen LogP contribution in [0.15, 0.2) is 29.2 Å². The normalized spacial score (nSPS) is 17.6. The van der Waals surface area contributed by atoms with Gasteiger partial charge in [-0.1, -0.05) is 17.7 Å². The van der Waals surface area contributed by atoms with Crippen LogP contribution in [0.1, 0.15) is 25.8 Å². The van der Waals surface area contributed by atoms with Crippen molar-refractivity contribution in [2.45, 2.75) is 43.9 Å². The van der Waals surface area contributed by atoms with Crippen molar-refractivity contribution in [3.8, 4) is 0 Å². The van der Waals surface area contributed by atoms with E-state index in [4.69, 9.17) is 13.7 Å². The Bertz CT molecular complexity index is 694. The third kappa shape index (κ3) is 5.21. The summed E-state index contributed by atoms with van der Waals surface area (Å²) in [6, 6.07) is 6.27. The molecule has 1 aliphatic heterocycles. The largest absolute Gasteiger partial charge is 0.350 e. The summed E-state index contributed by atoms with van der Waals surface area (Å²) in [6.07, 6.45) is -0.652. The highest BCUT2D eigenvalue weighted by Crippen LogP contribution is 2.28. The van der Waals surface area contributed by atoms with E-state index in [0.29, 0.717) is 13.2 Å². The van der Waals surface area contributed by atoms with Crippen LogP contribution in [0.5, 0.6) is 0 Å². The molecular weight excluding hydrogens is 350 g/mol. The van der Waals surface area contributed by atoms with Crippen LogP contribution in [0.25, 0.3) is 0 Å². The van der Waals surface area contributed by atoms with Crippen molar-refractivity contribution in [2.75, 3.05) is 19.8 Å². The van der Waals surface area contributed by atoms with Crippen molar-refractivity contribution in [3.05, 3.63) is 39.9 Å². The Labute approximate surface area is 147 Å². The zero-order valence-corrected chi connectivity index (χ0v) is 15.3. The molecule has 0 bridgehead atoms. The van der Waals surface area contributed by atoms with Gasteiger partial charge < -0.3 is 9.47 Å². The highest BCUT2D eigenvalue weighted by Gasteiger charge is 2.40. The first-order valence-electron chi connectivity index (χ1n) is 7.96. The molecule has 8 nitrogen and oxygen atoms in total. The molecule has 2 rings (SSSR count). The highest BCUT2D eigenvalue weighted by molar-refractivity contribution is 7.86. The summed E-state index contributed by atoms with van der Waals surface area (Å²) < 4.78 is 40.6. The molecule has 1 fully saturated rings. The molecule has 25 heavy (non-hydrogen) atoms. The summed E-state index contributed by atoms with van der Waals surface area (Å²) in [6.45, 7) is 5.28. The lowest BCUT2D eigenvalue weighted by Crippen LogP contribution is -2.39. The molecular formula is C16H23NO7S. The van der Waals surface area contributed by atoms with Crippen molar-refractivity contribution in [2.24, 2.45) is 5.92 Å². The molecule has 1 atom stereocenters. The molecule has 1 aliphatic rings. The maximum absolute atomic E-state index is 12.3. The third-order valence-corrected chi connectivity index (χ3v) is 5.33. The first-order chi connectivity index (χ1) is 11.6. The summed E-state index contributed by atoms with van der Waals surface area (Å²) in [5.74, 6) is -0.580. The molecule has 140 valence electrons. The van der Waals surface area contributed by atoms with E-state index in [0.717, 1.165) is 5.56 Å². The summed E-state index contributed by atoms with van der Waals surface area (Å²) >= 11 is 0. The van der Waals surface area contributed by atoms with Crippen LogP contribution in [0, 0.1) is 23.0 Å². The average Bonchev–Trinajstić information content (AvgIpc) is 3.06. The van der Waals surface area contributed by atoms with Gasteiger partial charge in [-0.2, -0.15) is 8.42 Å². The van der Waals surface area contributed by atoms with Crippen LogP contribution >= 0.6 is 0 Å². The second kappa shape index (κ2) is 7.77. The van der Waals surface area contributed by atoms with Gasteiger partial charge in [0, 0.05) is 31.1 Å². The number of hydrogen-bond donors (Lipinski definition) is 0. The van der Waals surface area contributed by atoms with Gasteiger partial charge in [-0.25, -0.2) is 0 Å². The quantitative estimate of drug-likeness (QED) is 0.390. The minimum absolute atomic E-state index is 0.0404. The van der Waals surface area contributed by atoms with Crippen molar-refractivity contribution >= 4 is 10.1 Å². The molecule has 0 aliphatic carbocycles. The smallest absolute Gasteiger partial charge is 0.296 e. The molecule has 0 saturated carbocycles. The molecule has 1 unspecified atom stereocenters. The van der Waals surface area contributed by atoms with Crippen molar-refractivity contribution in [3.63, 3.8) is 0 Å². The fourth-order valence-corrected chi connectivity index (χ4v) is 3.51. The topological polar surface area (TPSA) is 105 Å². The van der Waals surface area contributed by atoms with Crippen LogP contribution in [-0.2, 0) is 23.8 Å². The van der Waals surface area contributed by atoms with Crippen LogP contribution in [-0.4, -0.2) is 45.0 Å². The Morgan fingerprint density at radius 3 is 2.36 bits per heavy atom. The summed E-state index contributed by atoms with van der Waals surface area (Å²) in [5.41, 5.74) is -0.325. The van der Waals surface area contributed by atoms with Gasteiger partial charge in [0.15, 0.2) is 6.29 Å². The standard InChI is InChI=1S/C16H23NO7S/c1-12-4-6-14(7-5-12)25(20,21)24-11-13(15-22-8-9-23-15)10-16(2,3)17(18)19/h4-7,13,15H,8-11H2,1-3H3. The average molecular weight is 373 g/mol. The number of rotatable bonds is 8. The van der Waals surface area contributed by atoms with E-state index in [9.17, 15) is 18.5 Å². The number of ether oxygens (including phenoxy) is 2. The molecule has 1 aromatic rings. The predicted molar refractivity (Wildman–Crippen MR) is 89.2 cm³/mol. The van der Waals surface area contributed by atoms with Gasteiger partial charge in [-0.15, -0.1) is 0 Å². The van der Waals surface area contributed by atoms with E-state index in [2.05, 4.69) is 0 Å². The second-order valence-electron chi connectivity index (χ2n) is 6.70. The van der Waals surface area contributed by atoms with Crippen molar-refractivity contribution in [1.29, 1.82) is 0 Å². The van der Waals surface area contributed by atoms with Crippen LogP contribution in [0.3, 0.4) is 0 Å². The van der Waals surface area contributed by atoms with Crippen molar-refractivity contribution < 1.29 is 27.0 Å². The van der Waals surface area contributed by atoms with E-state index in [1.807, 2.05) is 6.92 Å². The second-order valence-corrected chi connectivity index (χ2v) is 8.31. The molecule has 0 radical (unpaired) electrons. The number of nitrogens with zero attached hydrogens (tertiary/aromatic N) is 1. The van der Waals surface area contributed by atoms with Gasteiger partial charge in [0.1, 0.15) is 0 Å². The first-order valence-corrected chi connectivity index (χ1v) is 9.36. The SMILES string of the molecule is Cc1ccc(S(=O)(=O)OCC(CC(C)(C)[N+](=O)[O-])C2OCCO2)cc1. The van der Waals surface area contributed by atoms with Gasteiger partial charge >= 0.3 is 0 Å². The van der Waals surface area contributed by atoms with Crippen LogP contribution < -0.4 is 0 Å². The molecule has 0 aromatic heterocycles. The Morgan fingerprint density at radius 1 is 1.28 bits per heavy atom. The van der Waals surface area contributed by atoms with Gasteiger partial charge in [0.2, 0.25) is 5.54 Å². The van der Waals surface area contributed by atoms with Crippen LogP contribution in [0.2, 0.25) is 0 Å². The summed E-state index contributed by atoms with van der Waals surface area (Å²) in [4.78, 5) is 10.8. The lowest BCUT2D eigenvalue weighted by Gasteiger charge is -2.26. The zero-order valence-electron chi connectivity index (χ0n) is 14.5. The lowest BCUT2D eigenvalue weighted by molar-refractivity contribution is -0.563. The minimum atomic E-state index is -3.96. The predicted octanol–water partition coefficient (Wildman–Crippen LogP) is 2.13. The third-order valence-electron chi connectivity index (χ3n) is 4.04. The Balaban J connectivity index is 2.10. The van der Waals surface area contributed by atoms with Crippen LogP contribution in [0.4, 0.5) is 0 Å². The fraction of sp³-hybridized carbons (Fsp3) is 0.625. The Kier molecular flexibility index (Phi) is 6.15. The van der Waals surface area contributed by atoms with Gasteiger partial charge in [0.05, 0.1) is 24.7 Å². The fourth-order valence-electron chi connectivity index (χ4n) is 2.55. The Hall–Kier alpha value is -1.55. The van der Waals surface area contributed by atoms with Gasteiger partial charge in [0.25, 0.3) is 10.1 Å². The molecule has 9 heteroatoms. The highest BCUT2D eigenvalue weighted by atomic mass is 32.2. The van der Waals surface area contributed by atoms with E-state index in [1.54, 1.807) is 12.1 Å². The molecule has 1 aromatic carbocycles. The van der Waals surface area contributed by atoms with E-state index in [1.165, 1.54) is 26.0 Å². The van der Waals surface area contributed by atoms with E-state index in [-0.39, 0.29) is 17.9 Å². The molecule has 1 saturated heterocycles. The monoisotopic (exact) mass is 373 g/mol. The molecule has 0 amide bonds.